The number of nitrogens with one attached hydrogen (secondary N) is 2. The maximum atomic E-state index is 13.6. The van der Waals surface area contributed by atoms with E-state index in [0.29, 0.717) is 24.4 Å². The molecule has 0 saturated heterocycles. The maximum absolute atomic E-state index is 13.6. The predicted octanol–water partition coefficient (Wildman–Crippen LogP) is 2.49. The number of halogens is 1. The summed E-state index contributed by atoms with van der Waals surface area (Å²) in [6, 6.07) is 8.87. The number of urea groups is 1. The van der Waals surface area contributed by atoms with E-state index in [0.717, 1.165) is 18.4 Å². The third-order valence-electron chi connectivity index (χ3n) is 4.60. The van der Waals surface area contributed by atoms with Crippen molar-refractivity contribution in [1.29, 1.82) is 5.26 Å². The minimum Gasteiger partial charge on any atom is -0.335 e. The molecule has 4 nitrogen and oxygen atoms in total. The van der Waals surface area contributed by atoms with Crippen molar-refractivity contribution >= 4 is 6.03 Å². The summed E-state index contributed by atoms with van der Waals surface area (Å²) >= 11 is 0. The van der Waals surface area contributed by atoms with Crippen LogP contribution in [0.1, 0.15) is 30.4 Å². The van der Waals surface area contributed by atoms with Gasteiger partial charge in [-0.2, -0.15) is 5.26 Å². The first-order valence-electron chi connectivity index (χ1n) is 7.33. The normalized spacial score (nSPS) is 29.9. The molecule has 2 atom stereocenters. The van der Waals surface area contributed by atoms with Gasteiger partial charge in [0.05, 0.1) is 11.6 Å². The van der Waals surface area contributed by atoms with Crippen molar-refractivity contribution in [2.75, 3.05) is 0 Å². The number of hydrogen-bond acceptors (Lipinski definition) is 2. The van der Waals surface area contributed by atoms with Crippen molar-refractivity contribution in [1.82, 2.24) is 10.6 Å². The molecule has 1 aromatic carbocycles. The fraction of sp³-hybridized carbons (Fsp3) is 0.500. The van der Waals surface area contributed by atoms with Crippen LogP contribution >= 0.6 is 0 Å². The summed E-state index contributed by atoms with van der Waals surface area (Å²) in [7, 11) is 0. The van der Waals surface area contributed by atoms with Gasteiger partial charge in [-0.15, -0.1) is 0 Å². The van der Waals surface area contributed by atoms with E-state index in [1.165, 1.54) is 0 Å². The first-order valence-corrected chi connectivity index (χ1v) is 7.33. The minimum atomic E-state index is -0.771. The highest BCUT2D eigenvalue weighted by Gasteiger charge is 2.46. The number of benzene rings is 1. The summed E-state index contributed by atoms with van der Waals surface area (Å²) in [6.07, 6.45) is 1.46. The Labute approximate surface area is 123 Å². The monoisotopic (exact) mass is 287 g/mol. The van der Waals surface area contributed by atoms with Crippen LogP contribution in [0, 0.1) is 23.2 Å². The molecule has 3 fully saturated rings. The summed E-state index contributed by atoms with van der Waals surface area (Å²) < 4.78 is 13.6. The third-order valence-corrected chi connectivity index (χ3v) is 4.60. The van der Waals surface area contributed by atoms with Gasteiger partial charge in [-0.1, -0.05) is 12.1 Å². The molecule has 21 heavy (non-hydrogen) atoms. The van der Waals surface area contributed by atoms with Gasteiger partial charge in [0.2, 0.25) is 0 Å². The Morgan fingerprint density at radius 1 is 1.33 bits per heavy atom. The number of amides is 2. The van der Waals surface area contributed by atoms with Gasteiger partial charge in [0.15, 0.2) is 0 Å². The van der Waals surface area contributed by atoms with Crippen molar-refractivity contribution in [3.8, 4) is 6.07 Å². The summed E-state index contributed by atoms with van der Waals surface area (Å²) in [5.41, 5.74) is 1.45. The number of carbonyl (C=O) groups excluding carboxylic acids is 1. The number of nitriles is 1. The van der Waals surface area contributed by atoms with Crippen molar-refractivity contribution in [3.63, 3.8) is 0 Å². The van der Waals surface area contributed by atoms with Crippen LogP contribution in [0.4, 0.5) is 9.18 Å². The molecule has 3 aliphatic carbocycles. The first kappa shape index (κ1) is 13.9. The quantitative estimate of drug-likeness (QED) is 0.897. The van der Waals surface area contributed by atoms with Gasteiger partial charge in [0.25, 0.3) is 0 Å². The fourth-order valence-corrected chi connectivity index (χ4v) is 3.29. The van der Waals surface area contributed by atoms with Crippen LogP contribution in [0.15, 0.2) is 24.3 Å². The largest absolute Gasteiger partial charge is 0.335 e. The molecule has 2 N–H and O–H groups in total. The van der Waals surface area contributed by atoms with Crippen LogP contribution < -0.4 is 10.6 Å². The van der Waals surface area contributed by atoms with E-state index < -0.39 is 6.17 Å². The van der Waals surface area contributed by atoms with Gasteiger partial charge in [-0.3, -0.25) is 0 Å². The second-order valence-electron chi connectivity index (χ2n) is 5.99. The lowest BCUT2D eigenvalue weighted by Gasteiger charge is -2.48. The second kappa shape index (κ2) is 5.72. The summed E-state index contributed by atoms with van der Waals surface area (Å²) in [6.45, 7) is 0.362. The topological polar surface area (TPSA) is 64.9 Å². The molecule has 5 heteroatoms. The maximum Gasteiger partial charge on any atom is 0.315 e. The highest BCUT2D eigenvalue weighted by atomic mass is 19.1. The summed E-state index contributed by atoms with van der Waals surface area (Å²) in [5.74, 6) is 0.666. The summed E-state index contributed by atoms with van der Waals surface area (Å²) in [5, 5.41) is 14.5. The lowest BCUT2D eigenvalue weighted by molar-refractivity contribution is -0.000224. The van der Waals surface area contributed by atoms with E-state index in [1.54, 1.807) is 18.2 Å². The lowest BCUT2D eigenvalue weighted by atomic mass is 9.62. The number of nitrogens with zero attached hydrogens (tertiary/aromatic N) is 1. The van der Waals surface area contributed by atoms with E-state index in [2.05, 4.69) is 16.7 Å². The molecule has 2 bridgehead atoms. The molecule has 110 valence electrons. The Hall–Kier alpha value is -2.09. The Balaban J connectivity index is 1.49. The molecule has 0 heterocycles. The van der Waals surface area contributed by atoms with Gasteiger partial charge in [0.1, 0.15) is 6.17 Å². The molecule has 0 aromatic heterocycles. The van der Waals surface area contributed by atoms with Crippen LogP contribution in [0.3, 0.4) is 0 Å². The molecule has 0 radical (unpaired) electrons. The minimum absolute atomic E-state index is 0.0459. The van der Waals surface area contributed by atoms with E-state index in [1.807, 2.05) is 6.07 Å². The zero-order valence-electron chi connectivity index (χ0n) is 11.7. The van der Waals surface area contributed by atoms with E-state index in [9.17, 15) is 9.18 Å². The molecule has 1 unspecified atom stereocenters. The standard InChI is InChI=1S/C16H18FN3O/c17-14-7-15(13-5-12(14)6-13)20-16(21)19-9-11-3-1-2-10(4-11)8-18/h1-4,12-15H,5-7,9H2,(H2,19,20,21)/t12?,13?,14-,15?/m0/s1. The SMILES string of the molecule is N#Cc1cccc(CNC(=O)NC2C[C@H](F)C3CC2C3)c1. The Bertz CT molecular complexity index is 577. The molecule has 1 aromatic rings. The van der Waals surface area contributed by atoms with E-state index >= 15 is 0 Å². The Morgan fingerprint density at radius 2 is 2.14 bits per heavy atom. The lowest BCUT2D eigenvalue weighted by Crippen LogP contribution is -2.55. The second-order valence-corrected chi connectivity index (χ2v) is 5.99. The molecular weight excluding hydrogens is 269 g/mol. The molecule has 3 aliphatic rings. The van der Waals surface area contributed by atoms with Gasteiger partial charge >= 0.3 is 6.03 Å². The number of hydrogen-bond donors (Lipinski definition) is 2. The average Bonchev–Trinajstić information content (AvgIpc) is 2.43. The smallest absolute Gasteiger partial charge is 0.315 e. The van der Waals surface area contributed by atoms with E-state index in [4.69, 9.17) is 5.26 Å². The van der Waals surface area contributed by atoms with E-state index in [-0.39, 0.29) is 18.0 Å². The van der Waals surface area contributed by atoms with Crippen LogP contribution in [-0.4, -0.2) is 18.2 Å². The van der Waals surface area contributed by atoms with Crippen molar-refractivity contribution in [2.24, 2.45) is 11.8 Å². The molecule has 4 rings (SSSR count). The first-order chi connectivity index (χ1) is 10.2. The average molecular weight is 287 g/mol. The predicted molar refractivity (Wildman–Crippen MR) is 76.0 cm³/mol. The number of fused-ring (bicyclic) bond motifs is 2. The highest BCUT2D eigenvalue weighted by Crippen LogP contribution is 2.46. The van der Waals surface area contributed by atoms with Gasteiger partial charge in [-0.25, -0.2) is 9.18 Å². The number of alkyl halides is 1. The Kier molecular flexibility index (Phi) is 3.78. The van der Waals surface area contributed by atoms with Crippen molar-refractivity contribution in [3.05, 3.63) is 35.4 Å². The van der Waals surface area contributed by atoms with Gasteiger partial charge < -0.3 is 10.6 Å². The van der Waals surface area contributed by atoms with Crippen LogP contribution in [0.25, 0.3) is 0 Å². The summed E-state index contributed by atoms with van der Waals surface area (Å²) in [4.78, 5) is 11.9. The molecule has 0 aliphatic heterocycles. The van der Waals surface area contributed by atoms with Crippen molar-refractivity contribution < 1.29 is 9.18 Å². The van der Waals surface area contributed by atoms with Crippen LogP contribution in [-0.2, 0) is 6.54 Å². The number of rotatable bonds is 3. The van der Waals surface area contributed by atoms with Crippen LogP contribution in [0.5, 0.6) is 0 Å². The Morgan fingerprint density at radius 3 is 2.86 bits per heavy atom. The van der Waals surface area contributed by atoms with Crippen LogP contribution in [0.2, 0.25) is 0 Å². The highest BCUT2D eigenvalue weighted by molar-refractivity contribution is 5.74. The van der Waals surface area contributed by atoms with Crippen molar-refractivity contribution in [2.45, 2.75) is 38.0 Å². The zero-order valence-corrected chi connectivity index (χ0v) is 11.7. The molecule has 0 spiro atoms. The van der Waals surface area contributed by atoms with Gasteiger partial charge in [-0.05, 0) is 48.8 Å². The molecular formula is C16H18FN3O. The fourth-order valence-electron chi connectivity index (χ4n) is 3.29. The zero-order chi connectivity index (χ0) is 14.8. The molecule has 3 saturated carbocycles. The van der Waals surface area contributed by atoms with Gasteiger partial charge in [0, 0.05) is 12.6 Å². The number of carbonyl (C=O) groups is 1. The molecule has 2 amide bonds. The third kappa shape index (κ3) is 2.99.